The van der Waals surface area contributed by atoms with E-state index in [1.807, 2.05) is 0 Å². The molecule has 0 heterocycles. The summed E-state index contributed by atoms with van der Waals surface area (Å²) >= 11 is 1.14. The van der Waals surface area contributed by atoms with Crippen LogP contribution >= 0.6 is 11.8 Å². The van der Waals surface area contributed by atoms with E-state index < -0.39 is 8.80 Å². The molecule has 0 saturated heterocycles. The van der Waals surface area contributed by atoms with Crippen molar-refractivity contribution in [3.05, 3.63) is 0 Å². The Morgan fingerprint density at radius 1 is 0.482 bits per heavy atom. The monoisotopic (exact) mass is 828 g/mol. The molecule has 0 aromatic carbocycles. The molecule has 334 valence electrons. The Morgan fingerprint density at radius 3 is 1.14 bits per heavy atom. The molecule has 0 aliphatic carbocycles. The van der Waals surface area contributed by atoms with E-state index in [2.05, 4.69) is 39.5 Å². The maximum atomic E-state index is 12.2. The highest BCUT2D eigenvalue weighted by Crippen LogP contribution is 2.26. The summed E-state index contributed by atoms with van der Waals surface area (Å²) in [6.45, 7) is 16.2. The molecule has 0 aromatic rings. The van der Waals surface area contributed by atoms with Crippen LogP contribution in [0.15, 0.2) is 0 Å². The van der Waals surface area contributed by atoms with Gasteiger partial charge in [0, 0.05) is 45.0 Å². The second-order valence-corrected chi connectivity index (χ2v) is 20.6. The van der Waals surface area contributed by atoms with Gasteiger partial charge >= 0.3 is 8.80 Å². The van der Waals surface area contributed by atoms with Crippen LogP contribution in [-0.4, -0.2) is 62.9 Å². The van der Waals surface area contributed by atoms with Crippen LogP contribution in [0.1, 0.15) is 253 Å². The lowest BCUT2D eigenvalue weighted by Crippen LogP contribution is -2.52. The Bertz CT molecular complexity index is 806. The number of Topliss-reactive ketones (excluding diaryl/α,β-unsaturated/α-hetero) is 1. The van der Waals surface area contributed by atoms with Crippen LogP contribution in [0.3, 0.4) is 0 Å². The predicted molar refractivity (Wildman–Crippen MR) is 248 cm³/mol. The van der Waals surface area contributed by atoms with Gasteiger partial charge in [0.15, 0.2) is 0 Å². The molecule has 0 spiro atoms. The van der Waals surface area contributed by atoms with E-state index >= 15 is 0 Å². The first-order valence-electron chi connectivity index (χ1n) is 24.7. The minimum absolute atomic E-state index is 0.0839. The molecule has 1 unspecified atom stereocenters. The Hall–Kier alpha value is -0.253. The molecule has 0 amide bonds. The second kappa shape index (κ2) is 42.9. The predicted octanol–water partition coefficient (Wildman–Crippen LogP) is 15.4. The van der Waals surface area contributed by atoms with Crippen molar-refractivity contribution in [2.75, 3.05) is 32.1 Å². The maximum absolute atomic E-state index is 12.2. The van der Waals surface area contributed by atoms with Crippen molar-refractivity contribution in [3.63, 3.8) is 0 Å². The van der Waals surface area contributed by atoms with Crippen molar-refractivity contribution < 1.29 is 22.9 Å². The van der Waals surface area contributed by atoms with Crippen LogP contribution in [0.2, 0.25) is 6.04 Å². The van der Waals surface area contributed by atoms with Crippen molar-refractivity contribution in [1.29, 1.82) is 0 Å². The zero-order chi connectivity index (χ0) is 41.2. The van der Waals surface area contributed by atoms with Crippen molar-refractivity contribution in [1.82, 2.24) is 4.90 Å². The van der Waals surface area contributed by atoms with Crippen LogP contribution in [0.5, 0.6) is 0 Å². The van der Waals surface area contributed by atoms with Crippen molar-refractivity contribution in [2.24, 2.45) is 0 Å². The van der Waals surface area contributed by atoms with Gasteiger partial charge in [-0.3, -0.25) is 14.5 Å². The van der Waals surface area contributed by atoms with Gasteiger partial charge in [0.1, 0.15) is 6.23 Å². The molecule has 0 aliphatic rings. The summed E-state index contributed by atoms with van der Waals surface area (Å²) in [5, 5.41) is -0.354. The van der Waals surface area contributed by atoms with Gasteiger partial charge in [-0.25, -0.2) is 0 Å². The molecule has 6 nitrogen and oxygen atoms in total. The molecular formula is C48H97NO5SSi. The van der Waals surface area contributed by atoms with Gasteiger partial charge in [-0.1, -0.05) is 219 Å². The Balaban J connectivity index is 5.78. The Kier molecular flexibility index (Phi) is 42.7. The highest BCUT2D eigenvalue weighted by Gasteiger charge is 2.43. The van der Waals surface area contributed by atoms with Crippen LogP contribution in [0, 0.1) is 0 Å². The summed E-state index contributed by atoms with van der Waals surface area (Å²) in [4.78, 5) is 26.5. The molecule has 0 bridgehead atoms. The lowest BCUT2D eigenvalue weighted by Gasteiger charge is -2.37. The molecule has 0 aromatic heterocycles. The highest BCUT2D eigenvalue weighted by molar-refractivity contribution is 8.15. The van der Waals surface area contributed by atoms with Gasteiger partial charge in [0.2, 0.25) is 5.78 Å². The quantitative estimate of drug-likeness (QED) is 0.0262. The fraction of sp³-hybridized carbons (Fsp3) is 0.958. The molecule has 0 saturated carbocycles. The SMILES string of the molecule is CCCCCCCCCCO[Si](CCCSC(=O)C(C)=O)(OCCCCCCCCCC)OC(C)N(CCCCCCCCCC)CCCCCCCCCC. The summed E-state index contributed by atoms with van der Waals surface area (Å²) < 4.78 is 21.0. The molecule has 0 fully saturated rings. The van der Waals surface area contributed by atoms with Crippen LogP contribution < -0.4 is 0 Å². The van der Waals surface area contributed by atoms with Crippen molar-refractivity contribution >= 4 is 31.5 Å². The normalized spacial score (nSPS) is 12.6. The topological polar surface area (TPSA) is 65.1 Å². The number of carbonyl (C=O) groups is 2. The summed E-state index contributed by atoms with van der Waals surface area (Å²) in [5.74, 6) is 0.214. The van der Waals surface area contributed by atoms with E-state index in [4.69, 9.17) is 13.3 Å². The van der Waals surface area contributed by atoms with E-state index in [0.29, 0.717) is 25.0 Å². The lowest BCUT2D eigenvalue weighted by molar-refractivity contribution is -0.130. The smallest absolute Gasteiger partial charge is 0.373 e. The average Bonchev–Trinajstić information content (AvgIpc) is 3.19. The molecule has 56 heavy (non-hydrogen) atoms. The third-order valence-electron chi connectivity index (χ3n) is 11.2. The second-order valence-electron chi connectivity index (χ2n) is 16.8. The third-order valence-corrected chi connectivity index (χ3v) is 15.2. The van der Waals surface area contributed by atoms with E-state index in [1.165, 1.54) is 200 Å². The molecule has 0 aliphatic heterocycles. The van der Waals surface area contributed by atoms with Crippen LogP contribution in [0.4, 0.5) is 0 Å². The molecule has 0 rings (SSSR count). The molecular weight excluding hydrogens is 731 g/mol. The largest absolute Gasteiger partial charge is 0.502 e. The number of carbonyl (C=O) groups excluding carboxylic acids is 2. The van der Waals surface area contributed by atoms with E-state index in [0.717, 1.165) is 44.1 Å². The lowest BCUT2D eigenvalue weighted by atomic mass is 10.1. The van der Waals surface area contributed by atoms with Crippen LogP contribution in [0.25, 0.3) is 0 Å². The number of hydrogen-bond donors (Lipinski definition) is 0. The number of unbranched alkanes of at least 4 members (excludes halogenated alkanes) is 28. The van der Waals surface area contributed by atoms with E-state index in [9.17, 15) is 9.59 Å². The average molecular weight is 828 g/mol. The number of rotatable bonds is 46. The maximum Gasteiger partial charge on any atom is 0.502 e. The Labute approximate surface area is 355 Å². The Morgan fingerprint density at radius 2 is 0.804 bits per heavy atom. The number of nitrogens with zero attached hydrogens (tertiary/aromatic N) is 1. The fourth-order valence-electron chi connectivity index (χ4n) is 7.50. The summed E-state index contributed by atoms with van der Waals surface area (Å²) in [5.41, 5.74) is 0. The molecule has 0 radical (unpaired) electrons. The van der Waals surface area contributed by atoms with Crippen LogP contribution in [-0.2, 0) is 22.9 Å². The fourth-order valence-corrected chi connectivity index (χ4v) is 11.3. The standard InChI is InChI=1S/C48H97NO5SSi/c1-7-11-15-19-23-27-31-35-40-49(41-36-32-28-24-20-16-12-8-2)47(6)54-56(45-39-44-55-48(51)46(5)50,52-42-37-33-29-25-21-17-13-9-3)53-43-38-34-30-26-22-18-14-10-4/h47H,7-45H2,1-6H3. The zero-order valence-electron chi connectivity index (χ0n) is 38.6. The van der Waals surface area contributed by atoms with Gasteiger partial charge in [-0.15, -0.1) is 0 Å². The number of hydrogen-bond acceptors (Lipinski definition) is 7. The minimum atomic E-state index is -3.09. The first-order valence-corrected chi connectivity index (χ1v) is 27.6. The molecule has 1 atom stereocenters. The van der Waals surface area contributed by atoms with Crippen molar-refractivity contribution in [2.45, 2.75) is 266 Å². The molecule has 0 N–H and O–H groups in total. The number of ketones is 1. The highest BCUT2D eigenvalue weighted by atomic mass is 32.2. The first-order chi connectivity index (χ1) is 27.4. The van der Waals surface area contributed by atoms with Gasteiger partial charge in [0.25, 0.3) is 5.12 Å². The van der Waals surface area contributed by atoms with Gasteiger partial charge < -0.3 is 13.3 Å². The van der Waals surface area contributed by atoms with Crippen molar-refractivity contribution in [3.8, 4) is 0 Å². The first kappa shape index (κ1) is 55.7. The van der Waals surface area contributed by atoms with Gasteiger partial charge in [0.05, 0.1) is 0 Å². The minimum Gasteiger partial charge on any atom is -0.373 e. The van der Waals surface area contributed by atoms with Gasteiger partial charge in [-0.2, -0.15) is 0 Å². The van der Waals surface area contributed by atoms with E-state index in [-0.39, 0.29) is 17.1 Å². The summed E-state index contributed by atoms with van der Waals surface area (Å²) in [7, 11) is -3.09. The van der Waals surface area contributed by atoms with E-state index in [1.54, 1.807) is 0 Å². The summed E-state index contributed by atoms with van der Waals surface area (Å²) in [6.07, 6.45) is 41.9. The third kappa shape index (κ3) is 35.7. The number of thioether (sulfide) groups is 1. The van der Waals surface area contributed by atoms with Gasteiger partial charge in [-0.05, 0) is 39.0 Å². The molecule has 8 heteroatoms. The summed E-state index contributed by atoms with van der Waals surface area (Å²) in [6, 6.07) is 0.687. The zero-order valence-corrected chi connectivity index (χ0v) is 40.4.